The topological polar surface area (TPSA) is 12.5 Å². The van der Waals surface area contributed by atoms with Gasteiger partial charge in [0.2, 0.25) is 0 Å². The van der Waals surface area contributed by atoms with Crippen LogP contribution in [0, 0.1) is 5.92 Å². The van der Waals surface area contributed by atoms with Crippen LogP contribution in [0.5, 0.6) is 0 Å². The molecule has 0 aromatic rings. The number of nitrogens with zero attached hydrogens (tertiary/aromatic N) is 1. The summed E-state index contributed by atoms with van der Waals surface area (Å²) in [6.45, 7) is 9.19. The Kier molecular flexibility index (Phi) is 4.95. The zero-order valence-corrected chi connectivity index (χ0v) is 15.4. The van der Waals surface area contributed by atoms with Crippen molar-refractivity contribution in [2.45, 2.75) is 101 Å². The Morgan fingerprint density at radius 1 is 1.09 bits per heavy atom. The molecule has 2 saturated heterocycles. The van der Waals surface area contributed by atoms with Gasteiger partial charge in [-0.05, 0) is 45.4 Å². The summed E-state index contributed by atoms with van der Waals surface area (Å²) in [5.41, 5.74) is 0.400. The average molecular weight is 305 g/mol. The van der Waals surface area contributed by atoms with Crippen molar-refractivity contribution in [1.29, 1.82) is 0 Å². The molecule has 3 rings (SSSR count). The van der Waals surface area contributed by atoms with Crippen LogP contribution in [0.25, 0.3) is 0 Å². The van der Waals surface area contributed by atoms with Gasteiger partial charge in [-0.1, -0.05) is 44.3 Å². The Balaban J connectivity index is 1.78. The van der Waals surface area contributed by atoms with Crippen LogP contribution in [0.4, 0.5) is 0 Å². The van der Waals surface area contributed by atoms with Crippen LogP contribution in [0.2, 0.25) is 5.31 Å². The monoisotopic (exact) mass is 305 g/mol. The molecule has 2 nitrogen and oxygen atoms in total. The fourth-order valence-corrected chi connectivity index (χ4v) is 5.55. The number of piperidine rings is 1. The van der Waals surface area contributed by atoms with E-state index >= 15 is 0 Å². The molecule has 22 heavy (non-hydrogen) atoms. The van der Waals surface area contributed by atoms with Crippen molar-refractivity contribution in [1.82, 2.24) is 4.90 Å². The molecule has 1 aliphatic carbocycles. The van der Waals surface area contributed by atoms with E-state index in [1.807, 2.05) is 0 Å². The number of hydrogen-bond acceptors (Lipinski definition) is 2. The van der Waals surface area contributed by atoms with E-state index in [1.54, 1.807) is 0 Å². The van der Waals surface area contributed by atoms with Crippen molar-refractivity contribution in [3.8, 4) is 0 Å². The molecule has 1 spiro atoms. The Morgan fingerprint density at radius 2 is 1.82 bits per heavy atom. The Labute approximate surface area is 138 Å². The van der Waals surface area contributed by atoms with E-state index < -0.39 is 0 Å². The van der Waals surface area contributed by atoms with E-state index in [4.69, 9.17) is 4.74 Å². The van der Waals surface area contributed by atoms with Crippen molar-refractivity contribution in [3.05, 3.63) is 0 Å². The Bertz CT molecular complexity index is 382. The second-order valence-electron chi connectivity index (χ2n) is 9.03. The maximum absolute atomic E-state index is 5.67. The molecule has 0 N–H and O–H groups in total. The van der Waals surface area contributed by atoms with Gasteiger partial charge in [-0.2, -0.15) is 0 Å². The van der Waals surface area contributed by atoms with Crippen LogP contribution < -0.4 is 0 Å². The zero-order chi connectivity index (χ0) is 15.8. The number of likely N-dealkylation sites (tertiary alicyclic amines) is 1. The van der Waals surface area contributed by atoms with Crippen molar-refractivity contribution < 1.29 is 4.74 Å². The summed E-state index contributed by atoms with van der Waals surface area (Å²) >= 11 is 0. The third-order valence-corrected chi connectivity index (χ3v) is 7.23. The van der Waals surface area contributed by atoms with Crippen LogP contribution in [-0.4, -0.2) is 43.6 Å². The van der Waals surface area contributed by atoms with Gasteiger partial charge in [0.25, 0.3) is 0 Å². The predicted octanol–water partition coefficient (Wildman–Crippen LogP) is 3.80. The van der Waals surface area contributed by atoms with E-state index in [9.17, 15) is 0 Å². The molecule has 0 amide bonds. The van der Waals surface area contributed by atoms with E-state index in [0.29, 0.717) is 16.9 Å². The molecule has 3 heteroatoms. The summed E-state index contributed by atoms with van der Waals surface area (Å²) in [5, 5.41) is 0.603. The number of hydrogen-bond donors (Lipinski definition) is 0. The maximum Gasteiger partial charge on any atom is 0.109 e. The highest BCUT2D eigenvalue weighted by Gasteiger charge is 2.52. The predicted molar refractivity (Wildman–Crippen MR) is 96.3 cm³/mol. The van der Waals surface area contributed by atoms with Gasteiger partial charge in [-0.15, -0.1) is 0 Å². The lowest BCUT2D eigenvalue weighted by atomic mass is 9.60. The summed E-state index contributed by atoms with van der Waals surface area (Å²) in [6, 6.07) is 1.48. The first kappa shape index (κ1) is 16.8. The summed E-state index contributed by atoms with van der Waals surface area (Å²) in [5.74, 6) is 0.928. The highest BCUT2D eigenvalue weighted by molar-refractivity contribution is 6.15. The van der Waals surface area contributed by atoms with Crippen LogP contribution >= 0.6 is 0 Å². The first-order valence-electron chi connectivity index (χ1n) is 9.86. The van der Waals surface area contributed by atoms with Crippen molar-refractivity contribution in [3.63, 3.8) is 0 Å². The van der Waals surface area contributed by atoms with Gasteiger partial charge in [0.1, 0.15) is 7.85 Å². The second-order valence-corrected chi connectivity index (χ2v) is 9.03. The highest BCUT2D eigenvalue weighted by Crippen LogP contribution is 2.48. The van der Waals surface area contributed by atoms with E-state index in [2.05, 4.69) is 33.5 Å². The first-order valence-corrected chi connectivity index (χ1v) is 9.86. The molecular formula is C19H36BNO. The molecule has 0 aromatic carbocycles. The number of rotatable bonds is 2. The fraction of sp³-hybridized carbons (Fsp3) is 1.00. The largest absolute Gasteiger partial charge is 0.377 e. The normalized spacial score (nSPS) is 39.6. The number of ether oxygens (including phenoxy) is 1. The van der Waals surface area contributed by atoms with Gasteiger partial charge in [0, 0.05) is 12.1 Å². The maximum atomic E-state index is 5.67. The van der Waals surface area contributed by atoms with E-state index in [0.717, 1.165) is 25.2 Å². The van der Waals surface area contributed by atoms with Gasteiger partial charge < -0.3 is 4.74 Å². The molecule has 3 atom stereocenters. The minimum atomic E-state index is 0.400. The van der Waals surface area contributed by atoms with E-state index in [1.165, 1.54) is 57.8 Å². The third-order valence-electron chi connectivity index (χ3n) is 7.23. The first-order chi connectivity index (χ1) is 10.5. The van der Waals surface area contributed by atoms with Gasteiger partial charge in [0.05, 0.1) is 18.8 Å². The SMILES string of the molecule is BC1(CC)CCCCC2C(CC1)CCC1(COC1)N2C(C)C. The van der Waals surface area contributed by atoms with Gasteiger partial charge in [-0.3, -0.25) is 4.90 Å². The van der Waals surface area contributed by atoms with Crippen molar-refractivity contribution in [2.75, 3.05) is 13.2 Å². The summed E-state index contributed by atoms with van der Waals surface area (Å²) < 4.78 is 5.67. The minimum Gasteiger partial charge on any atom is -0.377 e. The summed E-state index contributed by atoms with van der Waals surface area (Å²) in [7, 11) is 2.54. The molecular weight excluding hydrogens is 269 g/mol. The summed E-state index contributed by atoms with van der Waals surface area (Å²) in [6.07, 6.45) is 12.8. The quantitative estimate of drug-likeness (QED) is 0.720. The molecule has 0 aromatic heterocycles. The van der Waals surface area contributed by atoms with E-state index in [-0.39, 0.29) is 0 Å². The molecule has 3 aliphatic rings. The van der Waals surface area contributed by atoms with Crippen LogP contribution in [0.3, 0.4) is 0 Å². The van der Waals surface area contributed by atoms with Gasteiger partial charge in [-0.25, -0.2) is 0 Å². The van der Waals surface area contributed by atoms with Gasteiger partial charge in [0.15, 0.2) is 0 Å². The molecule has 0 radical (unpaired) electrons. The highest BCUT2D eigenvalue weighted by atomic mass is 16.5. The number of fused-ring (bicyclic) bond motifs is 1. The second kappa shape index (κ2) is 6.47. The lowest BCUT2D eigenvalue weighted by Crippen LogP contribution is -2.70. The standard InChI is InChI=1S/C19H36BNO/c1-4-18(20)10-6-5-7-17-16(8-11-18)9-12-19(13-22-14-19)21(17)15(2)3/h15-17H,4-14,20H2,1-3H3. The molecule has 126 valence electrons. The molecule has 3 fully saturated rings. The van der Waals surface area contributed by atoms with Crippen molar-refractivity contribution in [2.24, 2.45) is 5.92 Å². The molecule has 2 heterocycles. The molecule has 0 bridgehead atoms. The Morgan fingerprint density at radius 3 is 2.41 bits per heavy atom. The van der Waals surface area contributed by atoms with Crippen LogP contribution in [-0.2, 0) is 4.74 Å². The van der Waals surface area contributed by atoms with Crippen molar-refractivity contribution >= 4 is 7.85 Å². The minimum absolute atomic E-state index is 0.400. The van der Waals surface area contributed by atoms with Crippen LogP contribution in [0.15, 0.2) is 0 Å². The molecule has 3 unspecified atom stereocenters. The summed E-state index contributed by atoms with van der Waals surface area (Å²) in [4.78, 5) is 2.90. The zero-order valence-electron chi connectivity index (χ0n) is 15.4. The lowest BCUT2D eigenvalue weighted by molar-refractivity contribution is -0.195. The van der Waals surface area contributed by atoms with Crippen LogP contribution in [0.1, 0.15) is 78.6 Å². The fourth-order valence-electron chi connectivity index (χ4n) is 5.55. The third kappa shape index (κ3) is 3.00. The smallest absolute Gasteiger partial charge is 0.109 e. The molecule has 2 aliphatic heterocycles. The lowest BCUT2D eigenvalue weighted by Gasteiger charge is -2.60. The van der Waals surface area contributed by atoms with Gasteiger partial charge >= 0.3 is 0 Å². The average Bonchev–Trinajstić information content (AvgIpc) is 2.54. The Hall–Kier alpha value is -0.0151. The molecule has 1 saturated carbocycles.